The van der Waals surface area contributed by atoms with Crippen LogP contribution in [-0.4, -0.2) is 38.2 Å². The maximum Gasteiger partial charge on any atom is 0.121 e. The molecule has 0 bridgehead atoms. The Balaban J connectivity index is 1.93. The van der Waals surface area contributed by atoms with Gasteiger partial charge in [-0.2, -0.15) is 0 Å². The molecule has 2 unspecified atom stereocenters. The van der Waals surface area contributed by atoms with Gasteiger partial charge in [-0.1, -0.05) is 26.3 Å². The van der Waals surface area contributed by atoms with Crippen LogP contribution in [0.15, 0.2) is 24.3 Å². The molecule has 21 heavy (non-hydrogen) atoms. The Hall–Kier alpha value is -1.22. The molecular formula is C18H30N2O. The molecule has 0 saturated heterocycles. The van der Waals surface area contributed by atoms with Crippen LogP contribution in [0.2, 0.25) is 0 Å². The van der Waals surface area contributed by atoms with E-state index in [-0.39, 0.29) is 0 Å². The predicted molar refractivity (Wildman–Crippen MR) is 90.1 cm³/mol. The van der Waals surface area contributed by atoms with Crippen LogP contribution in [0.3, 0.4) is 0 Å². The Morgan fingerprint density at radius 2 is 1.90 bits per heavy atom. The monoisotopic (exact) mass is 290 g/mol. The third-order valence-electron chi connectivity index (χ3n) is 4.52. The number of likely N-dealkylation sites (N-methyl/N-ethyl adjacent to an activating group) is 1. The Kier molecular flexibility index (Phi) is 5.92. The second kappa shape index (κ2) is 7.69. The van der Waals surface area contributed by atoms with Crippen LogP contribution in [0.1, 0.15) is 33.1 Å². The fourth-order valence-electron chi connectivity index (χ4n) is 3.18. The Labute approximate surface area is 129 Å². The van der Waals surface area contributed by atoms with Gasteiger partial charge in [0.1, 0.15) is 12.4 Å². The van der Waals surface area contributed by atoms with Gasteiger partial charge >= 0.3 is 0 Å². The average molecular weight is 290 g/mol. The van der Waals surface area contributed by atoms with E-state index in [1.165, 1.54) is 24.9 Å². The van der Waals surface area contributed by atoms with E-state index in [1.807, 2.05) is 6.07 Å². The van der Waals surface area contributed by atoms with E-state index < -0.39 is 0 Å². The fourth-order valence-corrected chi connectivity index (χ4v) is 3.18. The molecule has 3 nitrogen and oxygen atoms in total. The molecule has 1 fully saturated rings. The van der Waals surface area contributed by atoms with E-state index in [9.17, 15) is 0 Å². The first kappa shape index (κ1) is 16.2. The molecule has 2 atom stereocenters. The lowest BCUT2D eigenvalue weighted by Crippen LogP contribution is -2.37. The molecule has 1 saturated carbocycles. The van der Waals surface area contributed by atoms with E-state index in [1.54, 1.807) is 0 Å². The van der Waals surface area contributed by atoms with E-state index in [2.05, 4.69) is 56.4 Å². The molecule has 1 aromatic carbocycles. The molecule has 0 aliphatic heterocycles. The second-order valence-electron chi connectivity index (χ2n) is 6.74. The van der Waals surface area contributed by atoms with Crippen LogP contribution >= 0.6 is 0 Å². The molecule has 0 amide bonds. The van der Waals surface area contributed by atoms with Gasteiger partial charge in [-0.3, -0.25) is 0 Å². The number of benzene rings is 1. The van der Waals surface area contributed by atoms with E-state index in [0.29, 0.717) is 6.04 Å². The molecule has 1 aromatic rings. The Bertz CT molecular complexity index is 423. The zero-order valence-corrected chi connectivity index (χ0v) is 13.9. The van der Waals surface area contributed by atoms with Gasteiger partial charge in [0, 0.05) is 24.3 Å². The van der Waals surface area contributed by atoms with Gasteiger partial charge in [-0.25, -0.2) is 0 Å². The van der Waals surface area contributed by atoms with Crippen LogP contribution in [0.5, 0.6) is 5.75 Å². The number of nitrogens with zero attached hydrogens (tertiary/aromatic N) is 1. The zero-order chi connectivity index (χ0) is 15.2. The highest BCUT2D eigenvalue weighted by molar-refractivity contribution is 5.49. The molecule has 0 spiro atoms. The van der Waals surface area contributed by atoms with Gasteiger partial charge in [0.15, 0.2) is 0 Å². The van der Waals surface area contributed by atoms with Gasteiger partial charge in [0.25, 0.3) is 0 Å². The van der Waals surface area contributed by atoms with Crippen LogP contribution in [0, 0.1) is 11.8 Å². The lowest BCUT2D eigenvalue weighted by Gasteiger charge is -2.36. The van der Waals surface area contributed by atoms with Crippen molar-refractivity contribution >= 4 is 5.69 Å². The number of rotatable bonds is 6. The van der Waals surface area contributed by atoms with Crippen molar-refractivity contribution in [3.63, 3.8) is 0 Å². The van der Waals surface area contributed by atoms with Crippen LogP contribution < -0.4 is 10.1 Å². The van der Waals surface area contributed by atoms with Crippen molar-refractivity contribution in [1.29, 1.82) is 0 Å². The van der Waals surface area contributed by atoms with Crippen molar-refractivity contribution in [2.75, 3.05) is 32.6 Å². The van der Waals surface area contributed by atoms with Gasteiger partial charge in [-0.05, 0) is 50.9 Å². The summed E-state index contributed by atoms with van der Waals surface area (Å²) in [5, 5.41) is 3.73. The van der Waals surface area contributed by atoms with Crippen molar-refractivity contribution < 1.29 is 4.74 Å². The predicted octanol–water partition coefficient (Wildman–Crippen LogP) is 3.86. The molecule has 2 rings (SSSR count). The quantitative estimate of drug-likeness (QED) is 0.861. The van der Waals surface area contributed by atoms with E-state index >= 15 is 0 Å². The summed E-state index contributed by atoms with van der Waals surface area (Å²) in [5.74, 6) is 2.44. The molecule has 0 aromatic heterocycles. The van der Waals surface area contributed by atoms with Gasteiger partial charge in [0.05, 0.1) is 0 Å². The van der Waals surface area contributed by atoms with Gasteiger partial charge in [-0.15, -0.1) is 0 Å². The molecule has 0 radical (unpaired) electrons. The maximum absolute atomic E-state index is 5.82. The molecule has 3 heteroatoms. The molecule has 1 N–H and O–H groups in total. The number of ether oxygens (including phenoxy) is 1. The number of anilines is 1. The summed E-state index contributed by atoms with van der Waals surface area (Å²) in [6.07, 6.45) is 4.04. The van der Waals surface area contributed by atoms with Crippen molar-refractivity contribution in [1.82, 2.24) is 4.90 Å². The van der Waals surface area contributed by atoms with Crippen LogP contribution in [0.25, 0.3) is 0 Å². The Morgan fingerprint density at radius 3 is 2.57 bits per heavy atom. The largest absolute Gasteiger partial charge is 0.492 e. The highest BCUT2D eigenvalue weighted by atomic mass is 16.5. The lowest BCUT2D eigenvalue weighted by atomic mass is 9.78. The minimum Gasteiger partial charge on any atom is -0.492 e. The third kappa shape index (κ3) is 4.92. The van der Waals surface area contributed by atoms with Crippen molar-refractivity contribution in [3.05, 3.63) is 24.3 Å². The van der Waals surface area contributed by atoms with E-state index in [4.69, 9.17) is 4.74 Å². The second-order valence-corrected chi connectivity index (χ2v) is 6.74. The maximum atomic E-state index is 5.82. The molecule has 1 aliphatic rings. The topological polar surface area (TPSA) is 24.5 Å². The summed E-state index contributed by atoms with van der Waals surface area (Å²) in [7, 11) is 4.13. The number of nitrogens with one attached hydrogen (secondary N) is 1. The van der Waals surface area contributed by atoms with Gasteiger partial charge in [0.2, 0.25) is 0 Å². The first-order valence-electron chi connectivity index (χ1n) is 8.20. The minimum atomic E-state index is 0.579. The molecule has 1 aliphatic carbocycles. The normalized spacial score (nSPS) is 25.9. The fraction of sp³-hybridized carbons (Fsp3) is 0.667. The van der Waals surface area contributed by atoms with Crippen molar-refractivity contribution in [2.24, 2.45) is 11.8 Å². The van der Waals surface area contributed by atoms with Crippen LogP contribution in [-0.2, 0) is 0 Å². The average Bonchev–Trinajstić information content (AvgIpc) is 2.43. The summed E-state index contributed by atoms with van der Waals surface area (Å²) in [5.41, 5.74) is 1.18. The summed E-state index contributed by atoms with van der Waals surface area (Å²) in [6, 6.07) is 8.96. The van der Waals surface area contributed by atoms with Gasteiger partial charge < -0.3 is 15.0 Å². The summed E-state index contributed by atoms with van der Waals surface area (Å²) in [4.78, 5) is 2.13. The molecule has 118 valence electrons. The number of hydrogen-bond donors (Lipinski definition) is 1. The highest BCUT2D eigenvalue weighted by Gasteiger charge is 2.27. The third-order valence-corrected chi connectivity index (χ3v) is 4.52. The number of hydrogen-bond acceptors (Lipinski definition) is 3. The summed E-state index contributed by atoms with van der Waals surface area (Å²) >= 11 is 0. The van der Waals surface area contributed by atoms with E-state index in [0.717, 1.165) is 30.7 Å². The SMILES string of the molecule is CC1CCCC(C)C1Nc1cccc(OCCN(C)C)c1. The Morgan fingerprint density at radius 1 is 1.19 bits per heavy atom. The standard InChI is InChI=1S/C18H30N2O/c1-14-7-5-8-15(2)18(14)19-16-9-6-10-17(13-16)21-12-11-20(3)4/h6,9-10,13-15,18-19H,5,7-8,11-12H2,1-4H3. The molecule has 0 heterocycles. The zero-order valence-electron chi connectivity index (χ0n) is 13.9. The summed E-state index contributed by atoms with van der Waals surface area (Å²) in [6.45, 7) is 6.40. The van der Waals surface area contributed by atoms with Crippen molar-refractivity contribution in [3.8, 4) is 5.75 Å². The van der Waals surface area contributed by atoms with Crippen LogP contribution in [0.4, 0.5) is 5.69 Å². The first-order chi connectivity index (χ1) is 10.1. The smallest absolute Gasteiger partial charge is 0.121 e. The molecular weight excluding hydrogens is 260 g/mol. The lowest BCUT2D eigenvalue weighted by molar-refractivity contribution is 0.260. The minimum absolute atomic E-state index is 0.579. The van der Waals surface area contributed by atoms with Crippen molar-refractivity contribution in [2.45, 2.75) is 39.2 Å². The highest BCUT2D eigenvalue weighted by Crippen LogP contribution is 2.31. The first-order valence-corrected chi connectivity index (χ1v) is 8.20. The summed E-state index contributed by atoms with van der Waals surface area (Å²) < 4.78 is 5.82.